The predicted molar refractivity (Wildman–Crippen MR) is 81.5 cm³/mol. The Morgan fingerprint density at radius 1 is 1.30 bits per heavy atom. The van der Waals surface area contributed by atoms with Crippen LogP contribution in [0.2, 0.25) is 0 Å². The van der Waals surface area contributed by atoms with E-state index in [0.29, 0.717) is 5.69 Å². The summed E-state index contributed by atoms with van der Waals surface area (Å²) in [6, 6.07) is 4.81. The number of benzene rings is 1. The summed E-state index contributed by atoms with van der Waals surface area (Å²) in [6.07, 6.45) is 0.856. The Balaban J connectivity index is 2.76. The zero-order valence-electron chi connectivity index (χ0n) is 12.5. The second kappa shape index (κ2) is 7.05. The Hall–Kier alpha value is -1.88. The molecule has 0 aliphatic carbocycles. The second-order valence-corrected chi connectivity index (χ2v) is 5.11. The van der Waals surface area contributed by atoms with Gasteiger partial charge in [0.05, 0.1) is 6.04 Å². The van der Waals surface area contributed by atoms with E-state index < -0.39 is 6.04 Å². The molecule has 0 aromatic heterocycles. The number of rotatable bonds is 5. The quantitative estimate of drug-likeness (QED) is 0.772. The molecule has 1 unspecified atom stereocenters. The molecule has 1 aromatic carbocycles. The van der Waals surface area contributed by atoms with E-state index in [4.69, 9.17) is 5.73 Å². The molecule has 110 valence electrons. The minimum absolute atomic E-state index is 0.122. The molecule has 2 amide bonds. The van der Waals surface area contributed by atoms with Gasteiger partial charge in [0.25, 0.3) is 0 Å². The number of anilines is 2. The third kappa shape index (κ3) is 4.35. The molecule has 0 fully saturated rings. The Kier molecular flexibility index (Phi) is 5.70. The van der Waals surface area contributed by atoms with E-state index in [0.717, 1.165) is 17.7 Å². The Morgan fingerprint density at radius 2 is 1.95 bits per heavy atom. The van der Waals surface area contributed by atoms with Crippen LogP contribution in [-0.4, -0.2) is 17.9 Å². The number of aryl methyl sites for hydroxylation is 1. The molecular formula is C15H23N3O2. The number of nitrogens with two attached hydrogens (primary N) is 1. The van der Waals surface area contributed by atoms with E-state index in [1.54, 1.807) is 12.1 Å². The summed E-state index contributed by atoms with van der Waals surface area (Å²) in [5.74, 6) is -0.176. The first-order valence-electron chi connectivity index (χ1n) is 6.79. The minimum Gasteiger partial charge on any atom is -0.326 e. The molecule has 0 heterocycles. The number of hydrogen-bond acceptors (Lipinski definition) is 3. The zero-order chi connectivity index (χ0) is 15.3. The summed E-state index contributed by atoms with van der Waals surface area (Å²) >= 11 is 0. The van der Waals surface area contributed by atoms with Gasteiger partial charge in [0, 0.05) is 18.3 Å². The lowest BCUT2D eigenvalue weighted by Crippen LogP contribution is -2.40. The molecule has 0 spiro atoms. The molecule has 2 atom stereocenters. The zero-order valence-corrected chi connectivity index (χ0v) is 12.5. The van der Waals surface area contributed by atoms with Crippen molar-refractivity contribution in [2.75, 3.05) is 10.6 Å². The smallest absolute Gasteiger partial charge is 0.241 e. The lowest BCUT2D eigenvalue weighted by atomic mass is 9.99. The molecule has 1 rings (SSSR count). The van der Waals surface area contributed by atoms with Crippen molar-refractivity contribution in [3.8, 4) is 0 Å². The monoisotopic (exact) mass is 277 g/mol. The maximum absolute atomic E-state index is 12.0. The molecule has 0 radical (unpaired) electrons. The second-order valence-electron chi connectivity index (χ2n) is 5.11. The van der Waals surface area contributed by atoms with E-state index in [2.05, 4.69) is 10.6 Å². The van der Waals surface area contributed by atoms with Crippen molar-refractivity contribution in [2.45, 2.75) is 40.2 Å². The van der Waals surface area contributed by atoms with Crippen molar-refractivity contribution in [1.29, 1.82) is 0 Å². The van der Waals surface area contributed by atoms with Crippen molar-refractivity contribution in [3.63, 3.8) is 0 Å². The summed E-state index contributed by atoms with van der Waals surface area (Å²) < 4.78 is 0. The lowest BCUT2D eigenvalue weighted by molar-refractivity contribution is -0.118. The summed E-state index contributed by atoms with van der Waals surface area (Å²) in [5, 5.41) is 5.53. The fraction of sp³-hybridized carbons (Fsp3) is 0.467. The number of carbonyl (C=O) groups is 2. The van der Waals surface area contributed by atoms with Crippen LogP contribution >= 0.6 is 0 Å². The average molecular weight is 277 g/mol. The number of hydrogen-bond donors (Lipinski definition) is 3. The van der Waals surface area contributed by atoms with Crippen LogP contribution in [0.5, 0.6) is 0 Å². The highest BCUT2D eigenvalue weighted by molar-refractivity contribution is 5.95. The molecule has 0 saturated heterocycles. The van der Waals surface area contributed by atoms with Crippen LogP contribution < -0.4 is 16.4 Å². The van der Waals surface area contributed by atoms with Gasteiger partial charge in [0.1, 0.15) is 0 Å². The van der Waals surface area contributed by atoms with Gasteiger partial charge in [-0.3, -0.25) is 9.59 Å². The van der Waals surface area contributed by atoms with E-state index >= 15 is 0 Å². The Morgan fingerprint density at radius 3 is 2.45 bits per heavy atom. The van der Waals surface area contributed by atoms with Gasteiger partial charge in [-0.15, -0.1) is 0 Å². The predicted octanol–water partition coefficient (Wildman–Crippen LogP) is 2.27. The molecular weight excluding hydrogens is 254 g/mol. The highest BCUT2D eigenvalue weighted by Crippen LogP contribution is 2.20. The molecule has 5 heteroatoms. The number of amides is 2. The third-order valence-corrected chi connectivity index (χ3v) is 3.36. The van der Waals surface area contributed by atoms with Crippen LogP contribution in [0.15, 0.2) is 18.2 Å². The topological polar surface area (TPSA) is 84.2 Å². The fourth-order valence-electron chi connectivity index (χ4n) is 1.81. The van der Waals surface area contributed by atoms with Crippen LogP contribution in [0.3, 0.4) is 0 Å². The van der Waals surface area contributed by atoms with Gasteiger partial charge in [0.15, 0.2) is 0 Å². The highest BCUT2D eigenvalue weighted by Gasteiger charge is 2.19. The summed E-state index contributed by atoms with van der Waals surface area (Å²) in [5.41, 5.74) is 8.19. The molecule has 0 aliphatic rings. The van der Waals surface area contributed by atoms with Crippen molar-refractivity contribution < 1.29 is 9.59 Å². The van der Waals surface area contributed by atoms with Gasteiger partial charge >= 0.3 is 0 Å². The van der Waals surface area contributed by atoms with Crippen molar-refractivity contribution >= 4 is 23.2 Å². The molecule has 1 aromatic rings. The van der Waals surface area contributed by atoms with Gasteiger partial charge in [-0.05, 0) is 36.6 Å². The standard InChI is InChI=1S/C15H23N3O2/c1-5-9(2)14(16)15(20)18-12-6-7-13(10(3)8-12)17-11(4)19/h6-9,14H,5,16H2,1-4H3,(H,17,19)(H,18,20)/t9?,14-/m0/s1. The molecule has 0 aliphatic heterocycles. The van der Waals surface area contributed by atoms with E-state index in [9.17, 15) is 9.59 Å². The SMILES string of the molecule is CCC(C)[C@H](N)C(=O)Nc1ccc(NC(C)=O)c(C)c1. The van der Waals surface area contributed by atoms with Gasteiger partial charge in [0.2, 0.25) is 11.8 Å². The summed E-state index contributed by atoms with van der Waals surface area (Å²) in [6.45, 7) is 7.29. The van der Waals surface area contributed by atoms with E-state index in [-0.39, 0.29) is 17.7 Å². The lowest BCUT2D eigenvalue weighted by Gasteiger charge is -2.18. The van der Waals surface area contributed by atoms with Gasteiger partial charge in [-0.25, -0.2) is 0 Å². The largest absolute Gasteiger partial charge is 0.326 e. The molecule has 5 nitrogen and oxygen atoms in total. The molecule has 0 bridgehead atoms. The Labute approximate surface area is 119 Å². The van der Waals surface area contributed by atoms with E-state index in [1.165, 1.54) is 6.92 Å². The Bertz CT molecular complexity index is 500. The number of carbonyl (C=O) groups excluding carboxylic acids is 2. The summed E-state index contributed by atoms with van der Waals surface area (Å²) in [7, 11) is 0. The van der Waals surface area contributed by atoms with Crippen LogP contribution in [0.1, 0.15) is 32.8 Å². The van der Waals surface area contributed by atoms with Crippen molar-refractivity contribution in [2.24, 2.45) is 11.7 Å². The maximum atomic E-state index is 12.0. The first kappa shape index (κ1) is 16.2. The van der Waals surface area contributed by atoms with E-state index in [1.807, 2.05) is 26.8 Å². The fourth-order valence-corrected chi connectivity index (χ4v) is 1.81. The molecule has 4 N–H and O–H groups in total. The first-order valence-corrected chi connectivity index (χ1v) is 6.79. The maximum Gasteiger partial charge on any atom is 0.241 e. The van der Waals surface area contributed by atoms with Crippen molar-refractivity contribution in [3.05, 3.63) is 23.8 Å². The third-order valence-electron chi connectivity index (χ3n) is 3.36. The van der Waals surface area contributed by atoms with Gasteiger partial charge in [-0.1, -0.05) is 20.3 Å². The van der Waals surface area contributed by atoms with Crippen LogP contribution in [0.4, 0.5) is 11.4 Å². The first-order chi connectivity index (χ1) is 9.35. The minimum atomic E-state index is -0.518. The van der Waals surface area contributed by atoms with Gasteiger partial charge < -0.3 is 16.4 Å². The normalized spacial score (nSPS) is 13.4. The van der Waals surface area contributed by atoms with Crippen molar-refractivity contribution in [1.82, 2.24) is 0 Å². The number of nitrogens with one attached hydrogen (secondary N) is 2. The van der Waals surface area contributed by atoms with Crippen LogP contribution in [-0.2, 0) is 9.59 Å². The highest BCUT2D eigenvalue weighted by atomic mass is 16.2. The summed E-state index contributed by atoms with van der Waals surface area (Å²) in [4.78, 5) is 23.0. The van der Waals surface area contributed by atoms with Gasteiger partial charge in [-0.2, -0.15) is 0 Å². The van der Waals surface area contributed by atoms with Crippen LogP contribution in [0, 0.1) is 12.8 Å². The molecule has 20 heavy (non-hydrogen) atoms. The van der Waals surface area contributed by atoms with Crippen LogP contribution in [0.25, 0.3) is 0 Å². The molecule has 0 saturated carbocycles. The average Bonchev–Trinajstić information content (AvgIpc) is 2.39.